The Balaban J connectivity index is 3.36. The lowest BCUT2D eigenvalue weighted by atomic mass is 9.99. The van der Waals surface area contributed by atoms with Crippen molar-refractivity contribution in [2.24, 2.45) is 11.8 Å². The third kappa shape index (κ3) is 10.1. The summed E-state index contributed by atoms with van der Waals surface area (Å²) in [7, 11) is 0. The van der Waals surface area contributed by atoms with Crippen LogP contribution in [0.2, 0.25) is 0 Å². The predicted octanol–water partition coefficient (Wildman–Crippen LogP) is 4.12. The molecule has 0 saturated carbocycles. The van der Waals surface area contributed by atoms with Crippen molar-refractivity contribution in [3.8, 4) is 0 Å². The van der Waals surface area contributed by atoms with E-state index in [1.807, 2.05) is 0 Å². The second-order valence-corrected chi connectivity index (χ2v) is 6.59. The molecule has 0 radical (unpaired) electrons. The quantitative estimate of drug-likeness (QED) is 0.332. The Bertz CT molecular complexity index is 191. The van der Waals surface area contributed by atoms with Crippen LogP contribution in [0.1, 0.15) is 66.2 Å². The molecule has 0 aliphatic heterocycles. The van der Waals surface area contributed by atoms with E-state index in [0.717, 1.165) is 31.5 Å². The van der Waals surface area contributed by atoms with Crippen LogP contribution < -0.4 is 10.6 Å². The van der Waals surface area contributed by atoms with Crippen molar-refractivity contribution in [3.63, 3.8) is 0 Å². The zero-order valence-electron chi connectivity index (χ0n) is 14.3. The number of hydrogen-bond acceptors (Lipinski definition) is 3. The number of nitrogens with one attached hydrogen (secondary N) is 2. The van der Waals surface area contributed by atoms with Gasteiger partial charge in [0.25, 0.3) is 0 Å². The minimum atomic E-state index is 0.507. The summed E-state index contributed by atoms with van der Waals surface area (Å²) in [6.07, 6.45) is 7.66. The molecule has 0 amide bonds. The van der Waals surface area contributed by atoms with E-state index >= 15 is 0 Å². The topological polar surface area (TPSA) is 24.1 Å². The summed E-state index contributed by atoms with van der Waals surface area (Å²) in [5.41, 5.74) is 0. The van der Waals surface area contributed by atoms with E-state index in [1.54, 1.807) is 0 Å². The summed E-state index contributed by atoms with van der Waals surface area (Å²) in [6, 6.07) is 0. The zero-order valence-corrected chi connectivity index (χ0v) is 15.1. The van der Waals surface area contributed by atoms with Gasteiger partial charge in [-0.15, -0.1) is 0 Å². The van der Waals surface area contributed by atoms with Crippen molar-refractivity contribution in [1.82, 2.24) is 10.6 Å². The van der Waals surface area contributed by atoms with Crippen LogP contribution >= 0.6 is 12.6 Å². The van der Waals surface area contributed by atoms with Gasteiger partial charge in [-0.1, -0.05) is 53.4 Å². The highest BCUT2D eigenvalue weighted by Crippen LogP contribution is 2.17. The van der Waals surface area contributed by atoms with Gasteiger partial charge >= 0.3 is 0 Å². The molecule has 0 rings (SSSR count). The highest BCUT2D eigenvalue weighted by Gasteiger charge is 2.13. The fourth-order valence-corrected chi connectivity index (χ4v) is 3.27. The molecule has 0 heterocycles. The Morgan fingerprint density at radius 1 is 0.800 bits per heavy atom. The summed E-state index contributed by atoms with van der Waals surface area (Å²) in [6.45, 7) is 13.6. The van der Waals surface area contributed by atoms with E-state index in [1.165, 1.54) is 45.1 Å². The van der Waals surface area contributed by atoms with Gasteiger partial charge in [0.15, 0.2) is 0 Å². The van der Waals surface area contributed by atoms with Gasteiger partial charge in [0.2, 0.25) is 0 Å². The maximum absolute atomic E-state index is 4.71. The van der Waals surface area contributed by atoms with Crippen molar-refractivity contribution in [2.45, 2.75) is 71.5 Å². The van der Waals surface area contributed by atoms with E-state index in [2.05, 4.69) is 38.3 Å². The van der Waals surface area contributed by atoms with Crippen LogP contribution in [0.25, 0.3) is 0 Å². The SMILES string of the molecule is CCC(CC)CCNCCCNCC(S)C(CC)CC. The second kappa shape index (κ2) is 14.2. The molecule has 122 valence electrons. The Hall–Kier alpha value is 0.270. The Morgan fingerprint density at radius 2 is 1.40 bits per heavy atom. The normalized spacial score (nSPS) is 13.3. The first-order valence-corrected chi connectivity index (χ1v) is 9.30. The Kier molecular flexibility index (Phi) is 14.4. The third-order valence-corrected chi connectivity index (χ3v) is 5.14. The van der Waals surface area contributed by atoms with Crippen LogP contribution in [-0.2, 0) is 0 Å². The molecule has 0 aromatic rings. The molecule has 0 saturated heterocycles. The molecule has 1 atom stereocenters. The molecular formula is C17H38N2S. The molecule has 0 aliphatic carbocycles. The molecule has 0 spiro atoms. The van der Waals surface area contributed by atoms with Crippen molar-refractivity contribution < 1.29 is 0 Å². The molecule has 0 fully saturated rings. The minimum Gasteiger partial charge on any atom is -0.317 e. The summed E-state index contributed by atoms with van der Waals surface area (Å²) in [5, 5.41) is 7.61. The molecule has 0 aliphatic rings. The highest BCUT2D eigenvalue weighted by atomic mass is 32.1. The lowest BCUT2D eigenvalue weighted by Crippen LogP contribution is -2.31. The van der Waals surface area contributed by atoms with Gasteiger partial charge in [-0.2, -0.15) is 12.6 Å². The van der Waals surface area contributed by atoms with Crippen LogP contribution in [0.15, 0.2) is 0 Å². The first-order valence-electron chi connectivity index (χ1n) is 8.78. The fourth-order valence-electron chi connectivity index (χ4n) is 2.72. The molecule has 3 heteroatoms. The van der Waals surface area contributed by atoms with Crippen molar-refractivity contribution >= 4 is 12.6 Å². The maximum atomic E-state index is 4.71. The van der Waals surface area contributed by atoms with Crippen LogP contribution in [0, 0.1) is 11.8 Å². The minimum absolute atomic E-state index is 0.507. The lowest BCUT2D eigenvalue weighted by molar-refractivity contribution is 0.432. The highest BCUT2D eigenvalue weighted by molar-refractivity contribution is 7.81. The van der Waals surface area contributed by atoms with E-state index in [-0.39, 0.29) is 0 Å². The van der Waals surface area contributed by atoms with E-state index in [9.17, 15) is 0 Å². The lowest BCUT2D eigenvalue weighted by Gasteiger charge is -2.20. The fraction of sp³-hybridized carbons (Fsp3) is 1.00. The van der Waals surface area contributed by atoms with E-state index in [4.69, 9.17) is 12.6 Å². The average Bonchev–Trinajstić information content (AvgIpc) is 2.47. The summed E-state index contributed by atoms with van der Waals surface area (Å²) < 4.78 is 0. The summed E-state index contributed by atoms with van der Waals surface area (Å²) in [5.74, 6) is 1.66. The smallest absolute Gasteiger partial charge is 0.0170 e. The van der Waals surface area contributed by atoms with Crippen LogP contribution in [-0.4, -0.2) is 31.4 Å². The zero-order chi connectivity index (χ0) is 15.2. The van der Waals surface area contributed by atoms with E-state index in [0.29, 0.717) is 5.25 Å². The monoisotopic (exact) mass is 302 g/mol. The number of rotatable bonds is 14. The molecule has 0 aromatic heterocycles. The first kappa shape index (κ1) is 20.3. The summed E-state index contributed by atoms with van der Waals surface area (Å²) >= 11 is 4.71. The van der Waals surface area contributed by atoms with Gasteiger partial charge in [-0.05, 0) is 44.3 Å². The Labute approximate surface area is 133 Å². The molecule has 0 aromatic carbocycles. The van der Waals surface area contributed by atoms with Gasteiger partial charge < -0.3 is 10.6 Å². The summed E-state index contributed by atoms with van der Waals surface area (Å²) in [4.78, 5) is 0. The molecule has 20 heavy (non-hydrogen) atoms. The molecular weight excluding hydrogens is 264 g/mol. The number of hydrogen-bond donors (Lipinski definition) is 3. The van der Waals surface area contributed by atoms with E-state index < -0.39 is 0 Å². The van der Waals surface area contributed by atoms with Gasteiger partial charge in [0, 0.05) is 11.8 Å². The van der Waals surface area contributed by atoms with Crippen molar-refractivity contribution in [1.29, 1.82) is 0 Å². The van der Waals surface area contributed by atoms with Crippen molar-refractivity contribution in [3.05, 3.63) is 0 Å². The van der Waals surface area contributed by atoms with Crippen LogP contribution in [0.3, 0.4) is 0 Å². The van der Waals surface area contributed by atoms with Crippen LogP contribution in [0.5, 0.6) is 0 Å². The molecule has 2 N–H and O–H groups in total. The molecule has 2 nitrogen and oxygen atoms in total. The third-order valence-electron chi connectivity index (χ3n) is 4.54. The maximum Gasteiger partial charge on any atom is 0.0170 e. The van der Waals surface area contributed by atoms with Crippen LogP contribution in [0.4, 0.5) is 0 Å². The van der Waals surface area contributed by atoms with Gasteiger partial charge in [-0.25, -0.2) is 0 Å². The molecule has 0 bridgehead atoms. The first-order chi connectivity index (χ1) is 9.69. The number of thiol groups is 1. The van der Waals surface area contributed by atoms with Gasteiger partial charge in [0.1, 0.15) is 0 Å². The molecule has 1 unspecified atom stereocenters. The second-order valence-electron chi connectivity index (χ2n) is 5.92. The Morgan fingerprint density at radius 3 is 1.95 bits per heavy atom. The average molecular weight is 303 g/mol. The predicted molar refractivity (Wildman–Crippen MR) is 95.9 cm³/mol. The largest absolute Gasteiger partial charge is 0.317 e. The standard InChI is InChI=1S/C17H38N2S/c1-5-15(6-2)10-13-18-11-9-12-19-14-17(20)16(7-3)8-4/h15-20H,5-14H2,1-4H3. The van der Waals surface area contributed by atoms with Gasteiger partial charge in [-0.3, -0.25) is 0 Å². The van der Waals surface area contributed by atoms with Crippen molar-refractivity contribution in [2.75, 3.05) is 26.2 Å². The van der Waals surface area contributed by atoms with Gasteiger partial charge in [0.05, 0.1) is 0 Å².